The van der Waals surface area contributed by atoms with Crippen molar-refractivity contribution in [1.29, 1.82) is 0 Å². The SMILES string of the molecule is O=C(O)Cc1ccccc1N(C(=O)c1ccccc1)c1c(Cl)cccc1Cl. The van der Waals surface area contributed by atoms with Gasteiger partial charge in [0.2, 0.25) is 0 Å². The molecule has 0 saturated carbocycles. The molecule has 3 rings (SSSR count). The molecule has 0 spiro atoms. The van der Waals surface area contributed by atoms with E-state index < -0.39 is 5.97 Å². The molecule has 0 fully saturated rings. The van der Waals surface area contributed by atoms with E-state index in [1.54, 1.807) is 66.7 Å². The molecule has 0 unspecified atom stereocenters. The van der Waals surface area contributed by atoms with Crippen LogP contribution in [0.1, 0.15) is 15.9 Å². The number of carbonyl (C=O) groups excluding carboxylic acids is 1. The van der Waals surface area contributed by atoms with Crippen LogP contribution >= 0.6 is 23.2 Å². The second-order valence-corrected chi connectivity index (χ2v) is 6.59. The maximum Gasteiger partial charge on any atom is 0.307 e. The highest BCUT2D eigenvalue weighted by atomic mass is 35.5. The number of rotatable bonds is 5. The number of nitrogens with zero attached hydrogens (tertiary/aromatic N) is 1. The third-order valence-electron chi connectivity index (χ3n) is 3.96. The summed E-state index contributed by atoms with van der Waals surface area (Å²) in [4.78, 5) is 26.0. The number of amides is 1. The van der Waals surface area contributed by atoms with E-state index in [0.29, 0.717) is 22.5 Å². The van der Waals surface area contributed by atoms with Gasteiger partial charge in [-0.25, -0.2) is 0 Å². The number of carboxylic acid groups (broad SMARTS) is 1. The Bertz CT molecular complexity index is 969. The fraction of sp³-hybridized carbons (Fsp3) is 0.0476. The number of halogens is 2. The largest absolute Gasteiger partial charge is 0.481 e. The Hall–Kier alpha value is -2.82. The van der Waals surface area contributed by atoms with Crippen molar-refractivity contribution < 1.29 is 14.7 Å². The molecule has 1 N–H and O–H groups in total. The van der Waals surface area contributed by atoms with Gasteiger partial charge in [0, 0.05) is 5.56 Å². The summed E-state index contributed by atoms with van der Waals surface area (Å²) >= 11 is 12.7. The minimum Gasteiger partial charge on any atom is -0.481 e. The van der Waals surface area contributed by atoms with Crippen LogP contribution in [0, 0.1) is 0 Å². The maximum absolute atomic E-state index is 13.3. The van der Waals surface area contributed by atoms with E-state index in [0.717, 1.165) is 0 Å². The van der Waals surface area contributed by atoms with E-state index in [1.807, 2.05) is 6.07 Å². The molecule has 3 aromatic rings. The van der Waals surface area contributed by atoms with E-state index >= 15 is 0 Å². The van der Waals surface area contributed by atoms with Crippen molar-refractivity contribution in [2.24, 2.45) is 0 Å². The lowest BCUT2D eigenvalue weighted by molar-refractivity contribution is -0.136. The Morgan fingerprint density at radius 3 is 2.04 bits per heavy atom. The van der Waals surface area contributed by atoms with Gasteiger partial charge in [0.05, 0.1) is 27.8 Å². The lowest BCUT2D eigenvalue weighted by atomic mass is 10.1. The molecule has 1 amide bonds. The summed E-state index contributed by atoms with van der Waals surface area (Å²) in [5.41, 5.74) is 1.64. The van der Waals surface area contributed by atoms with E-state index in [1.165, 1.54) is 4.90 Å². The number of carbonyl (C=O) groups is 2. The van der Waals surface area contributed by atoms with Crippen LogP contribution in [0.15, 0.2) is 72.8 Å². The molecule has 3 aromatic carbocycles. The van der Waals surface area contributed by atoms with Crippen molar-refractivity contribution in [3.05, 3.63) is 94.0 Å². The average Bonchev–Trinajstić information content (AvgIpc) is 2.65. The third-order valence-corrected chi connectivity index (χ3v) is 4.57. The Morgan fingerprint density at radius 1 is 0.815 bits per heavy atom. The van der Waals surface area contributed by atoms with E-state index in [-0.39, 0.29) is 22.4 Å². The van der Waals surface area contributed by atoms with Crippen LogP contribution in [-0.2, 0) is 11.2 Å². The van der Waals surface area contributed by atoms with Gasteiger partial charge in [0.25, 0.3) is 5.91 Å². The van der Waals surface area contributed by atoms with Crippen molar-refractivity contribution in [3.8, 4) is 0 Å². The Balaban J connectivity index is 2.24. The first-order valence-corrected chi connectivity index (χ1v) is 8.88. The highest BCUT2D eigenvalue weighted by molar-refractivity contribution is 6.40. The van der Waals surface area contributed by atoms with Crippen molar-refractivity contribution in [1.82, 2.24) is 0 Å². The molecule has 0 bridgehead atoms. The lowest BCUT2D eigenvalue weighted by Gasteiger charge is -2.27. The van der Waals surface area contributed by atoms with Gasteiger partial charge in [0.1, 0.15) is 0 Å². The second-order valence-electron chi connectivity index (χ2n) is 5.78. The molecule has 0 atom stereocenters. The highest BCUT2D eigenvalue weighted by Gasteiger charge is 2.26. The number of benzene rings is 3. The number of hydrogen-bond donors (Lipinski definition) is 1. The fourth-order valence-electron chi connectivity index (χ4n) is 2.79. The van der Waals surface area contributed by atoms with E-state index in [4.69, 9.17) is 23.2 Å². The zero-order valence-electron chi connectivity index (χ0n) is 14.1. The average molecular weight is 400 g/mol. The molecule has 0 radical (unpaired) electrons. The minimum absolute atomic E-state index is 0.239. The zero-order valence-corrected chi connectivity index (χ0v) is 15.6. The van der Waals surface area contributed by atoms with Gasteiger partial charge < -0.3 is 5.11 Å². The summed E-state index contributed by atoms with van der Waals surface area (Å²) in [5.74, 6) is -1.36. The summed E-state index contributed by atoms with van der Waals surface area (Å²) in [7, 11) is 0. The number of para-hydroxylation sites is 2. The van der Waals surface area contributed by atoms with Gasteiger partial charge in [-0.2, -0.15) is 0 Å². The first kappa shape index (κ1) is 19.0. The number of hydrogen-bond acceptors (Lipinski definition) is 2. The van der Waals surface area contributed by atoms with Crippen molar-refractivity contribution in [3.63, 3.8) is 0 Å². The van der Waals surface area contributed by atoms with Crippen LogP contribution in [0.2, 0.25) is 10.0 Å². The van der Waals surface area contributed by atoms with Gasteiger partial charge in [-0.1, -0.05) is 65.7 Å². The van der Waals surface area contributed by atoms with Gasteiger partial charge in [-0.15, -0.1) is 0 Å². The van der Waals surface area contributed by atoms with E-state index in [2.05, 4.69) is 0 Å². The molecular formula is C21H15Cl2NO3. The van der Waals surface area contributed by atoms with E-state index in [9.17, 15) is 14.7 Å². The Kier molecular flexibility index (Phi) is 5.79. The number of carboxylic acids is 1. The molecular weight excluding hydrogens is 385 g/mol. The van der Waals surface area contributed by atoms with Crippen LogP contribution in [0.3, 0.4) is 0 Å². The van der Waals surface area contributed by atoms with Gasteiger partial charge in [0.15, 0.2) is 0 Å². The molecule has 0 aliphatic heterocycles. The van der Waals surface area contributed by atoms with Crippen molar-refractivity contribution >= 4 is 46.5 Å². The summed E-state index contributed by atoms with van der Waals surface area (Å²) in [6.07, 6.45) is -0.239. The normalized spacial score (nSPS) is 10.4. The standard InChI is InChI=1S/C21H15Cl2NO3/c22-16-10-6-11-17(23)20(16)24(21(27)14-7-2-1-3-8-14)18-12-5-4-9-15(18)13-19(25)26/h1-12H,13H2,(H,25,26). The molecule has 136 valence electrons. The number of anilines is 2. The topological polar surface area (TPSA) is 57.6 Å². The maximum atomic E-state index is 13.3. The quantitative estimate of drug-likeness (QED) is 0.607. The zero-order chi connectivity index (χ0) is 19.4. The molecule has 0 saturated heterocycles. The molecule has 4 nitrogen and oxygen atoms in total. The van der Waals surface area contributed by atoms with Crippen LogP contribution in [0.25, 0.3) is 0 Å². The van der Waals surface area contributed by atoms with Gasteiger partial charge >= 0.3 is 5.97 Å². The summed E-state index contributed by atoms with van der Waals surface area (Å²) in [6.45, 7) is 0. The number of aliphatic carboxylic acids is 1. The van der Waals surface area contributed by atoms with Crippen LogP contribution in [0.4, 0.5) is 11.4 Å². The molecule has 6 heteroatoms. The Labute approximate surface area is 166 Å². The van der Waals surface area contributed by atoms with Crippen molar-refractivity contribution in [2.45, 2.75) is 6.42 Å². The summed E-state index contributed by atoms with van der Waals surface area (Å²) in [6, 6.07) is 20.4. The smallest absolute Gasteiger partial charge is 0.307 e. The van der Waals surface area contributed by atoms with Crippen molar-refractivity contribution in [2.75, 3.05) is 4.90 Å². The molecule has 0 heterocycles. The third kappa shape index (κ3) is 4.13. The first-order valence-electron chi connectivity index (χ1n) is 8.12. The Morgan fingerprint density at radius 2 is 1.41 bits per heavy atom. The minimum atomic E-state index is -1.00. The predicted molar refractivity (Wildman–Crippen MR) is 107 cm³/mol. The molecule has 0 aliphatic carbocycles. The second kappa shape index (κ2) is 8.25. The van der Waals surface area contributed by atoms with Crippen LogP contribution in [-0.4, -0.2) is 17.0 Å². The van der Waals surface area contributed by atoms with Crippen LogP contribution < -0.4 is 4.90 Å². The van der Waals surface area contributed by atoms with Gasteiger partial charge in [-0.3, -0.25) is 14.5 Å². The molecule has 27 heavy (non-hydrogen) atoms. The lowest BCUT2D eigenvalue weighted by Crippen LogP contribution is -2.28. The van der Waals surface area contributed by atoms with Gasteiger partial charge in [-0.05, 0) is 35.9 Å². The molecule has 0 aromatic heterocycles. The first-order chi connectivity index (χ1) is 13.0. The summed E-state index contributed by atoms with van der Waals surface area (Å²) < 4.78 is 0. The predicted octanol–water partition coefficient (Wildman–Crippen LogP) is 5.60. The summed E-state index contributed by atoms with van der Waals surface area (Å²) in [5, 5.41) is 9.83. The monoisotopic (exact) mass is 399 g/mol. The highest BCUT2D eigenvalue weighted by Crippen LogP contribution is 2.40. The molecule has 0 aliphatic rings. The fourth-order valence-corrected chi connectivity index (χ4v) is 3.35. The van der Waals surface area contributed by atoms with Crippen LogP contribution in [0.5, 0.6) is 0 Å².